The monoisotopic (exact) mass is 504 g/mol. The van der Waals surface area contributed by atoms with Gasteiger partial charge in [-0.3, -0.25) is 0 Å². The van der Waals surface area contributed by atoms with Crippen LogP contribution in [-0.2, 0) is 12.8 Å². The highest BCUT2D eigenvalue weighted by molar-refractivity contribution is 7.98. The molecule has 0 radical (unpaired) electrons. The van der Waals surface area contributed by atoms with Crippen LogP contribution in [-0.4, -0.2) is 19.7 Å². The van der Waals surface area contributed by atoms with Crippen molar-refractivity contribution in [2.24, 2.45) is 7.05 Å². The first kappa shape index (κ1) is 23.1. The molecular formula is C23H22Cl2N4OS2. The Bertz CT molecular complexity index is 1230. The number of thioether (sulfide) groups is 1. The third kappa shape index (κ3) is 4.96. The highest BCUT2D eigenvalue weighted by Gasteiger charge is 2.18. The minimum Gasteiger partial charge on any atom is -0.483 e. The van der Waals surface area contributed by atoms with Gasteiger partial charge in [0, 0.05) is 28.8 Å². The fraction of sp³-hybridized carbons (Fsp3) is 0.261. The summed E-state index contributed by atoms with van der Waals surface area (Å²) in [5.41, 5.74) is 3.91. The predicted octanol–water partition coefficient (Wildman–Crippen LogP) is 7.29. The van der Waals surface area contributed by atoms with E-state index in [1.807, 2.05) is 68.8 Å². The van der Waals surface area contributed by atoms with Crippen molar-refractivity contribution in [3.05, 3.63) is 74.5 Å². The summed E-state index contributed by atoms with van der Waals surface area (Å²) in [6.45, 7) is 5.91. The van der Waals surface area contributed by atoms with E-state index in [1.54, 1.807) is 23.1 Å². The van der Waals surface area contributed by atoms with Crippen molar-refractivity contribution < 1.29 is 4.74 Å². The summed E-state index contributed by atoms with van der Waals surface area (Å²) in [5, 5.41) is 14.0. The molecule has 0 fully saturated rings. The van der Waals surface area contributed by atoms with Gasteiger partial charge < -0.3 is 9.30 Å². The van der Waals surface area contributed by atoms with Crippen molar-refractivity contribution in [2.75, 3.05) is 0 Å². The van der Waals surface area contributed by atoms with E-state index in [0.717, 1.165) is 49.1 Å². The topological polar surface area (TPSA) is 52.8 Å². The lowest BCUT2D eigenvalue weighted by atomic mass is 10.1. The van der Waals surface area contributed by atoms with Crippen molar-refractivity contribution in [2.45, 2.75) is 37.8 Å². The minimum absolute atomic E-state index is 0.257. The lowest BCUT2D eigenvalue weighted by molar-refractivity contribution is 0.211. The molecular weight excluding hydrogens is 483 g/mol. The number of aryl methyl sites for hydroxylation is 2. The van der Waals surface area contributed by atoms with E-state index < -0.39 is 0 Å². The molecule has 1 atom stereocenters. The normalized spacial score (nSPS) is 12.2. The summed E-state index contributed by atoms with van der Waals surface area (Å²) in [7, 11) is 1.95. The second kappa shape index (κ2) is 9.83. The number of aromatic nitrogens is 4. The van der Waals surface area contributed by atoms with E-state index >= 15 is 0 Å². The van der Waals surface area contributed by atoms with Crippen molar-refractivity contribution in [1.29, 1.82) is 0 Å². The third-order valence-electron chi connectivity index (χ3n) is 4.96. The van der Waals surface area contributed by atoms with Gasteiger partial charge in [0.1, 0.15) is 10.8 Å². The number of hydrogen-bond donors (Lipinski definition) is 0. The zero-order valence-electron chi connectivity index (χ0n) is 18.1. The fourth-order valence-corrected chi connectivity index (χ4v) is 5.47. The number of benzene rings is 2. The Labute approximate surface area is 205 Å². The van der Waals surface area contributed by atoms with Crippen LogP contribution >= 0.6 is 46.3 Å². The molecule has 0 saturated carbocycles. The molecule has 0 amide bonds. The second-order valence-electron chi connectivity index (χ2n) is 7.44. The zero-order chi connectivity index (χ0) is 22.8. The average Bonchev–Trinajstić information content (AvgIpc) is 3.37. The Kier molecular flexibility index (Phi) is 7.10. The highest BCUT2D eigenvalue weighted by atomic mass is 35.5. The molecule has 0 aliphatic heterocycles. The van der Waals surface area contributed by atoms with Crippen LogP contribution in [0, 0.1) is 13.8 Å². The molecule has 2 heterocycles. The van der Waals surface area contributed by atoms with Crippen LogP contribution in [0.4, 0.5) is 0 Å². The largest absolute Gasteiger partial charge is 0.483 e. The van der Waals surface area contributed by atoms with Gasteiger partial charge in [0.25, 0.3) is 0 Å². The molecule has 0 saturated heterocycles. The molecule has 4 rings (SSSR count). The first-order chi connectivity index (χ1) is 15.3. The van der Waals surface area contributed by atoms with Crippen LogP contribution in [0.3, 0.4) is 0 Å². The summed E-state index contributed by atoms with van der Waals surface area (Å²) < 4.78 is 8.09. The van der Waals surface area contributed by atoms with Crippen molar-refractivity contribution in [1.82, 2.24) is 19.7 Å². The van der Waals surface area contributed by atoms with Crippen LogP contribution < -0.4 is 4.74 Å². The molecule has 166 valence electrons. The predicted molar refractivity (Wildman–Crippen MR) is 133 cm³/mol. The quantitative estimate of drug-likeness (QED) is 0.247. The molecule has 0 spiro atoms. The zero-order valence-corrected chi connectivity index (χ0v) is 21.2. The van der Waals surface area contributed by atoms with Crippen molar-refractivity contribution >= 4 is 46.3 Å². The summed E-state index contributed by atoms with van der Waals surface area (Å²) in [4.78, 5) is 4.73. The number of rotatable bonds is 7. The van der Waals surface area contributed by atoms with Gasteiger partial charge in [-0.1, -0.05) is 53.2 Å². The van der Waals surface area contributed by atoms with Gasteiger partial charge in [-0.15, -0.1) is 21.5 Å². The first-order valence-electron chi connectivity index (χ1n) is 9.98. The van der Waals surface area contributed by atoms with Gasteiger partial charge in [0.05, 0.1) is 10.7 Å². The molecule has 2 aromatic heterocycles. The van der Waals surface area contributed by atoms with Gasteiger partial charge in [0.15, 0.2) is 17.1 Å². The van der Waals surface area contributed by atoms with Gasteiger partial charge in [0.2, 0.25) is 0 Å². The second-order valence-corrected chi connectivity index (χ2v) is 10.0. The maximum Gasteiger partial charge on any atom is 0.191 e. The average molecular weight is 505 g/mol. The Morgan fingerprint density at radius 1 is 1.12 bits per heavy atom. The number of hydrogen-bond acceptors (Lipinski definition) is 6. The lowest BCUT2D eigenvalue weighted by Gasteiger charge is -2.16. The SMILES string of the molecule is Cc1cc(OC(C)c2nnc(SCc3csc(-c4ccccc4Cl)n3)n2C)cc(C)c1Cl. The smallest absolute Gasteiger partial charge is 0.191 e. The maximum absolute atomic E-state index is 6.30. The van der Waals surface area contributed by atoms with Gasteiger partial charge >= 0.3 is 0 Å². The summed E-state index contributed by atoms with van der Waals surface area (Å²) in [6, 6.07) is 11.6. The van der Waals surface area contributed by atoms with Crippen LogP contribution in [0.1, 0.15) is 35.7 Å². The number of halogens is 2. The number of ether oxygens (including phenoxy) is 1. The Morgan fingerprint density at radius 3 is 2.56 bits per heavy atom. The number of nitrogens with zero attached hydrogens (tertiary/aromatic N) is 4. The van der Waals surface area contributed by atoms with Crippen molar-refractivity contribution in [3.63, 3.8) is 0 Å². The Morgan fingerprint density at radius 2 is 1.84 bits per heavy atom. The first-order valence-corrected chi connectivity index (χ1v) is 12.6. The fourth-order valence-electron chi connectivity index (χ4n) is 3.31. The van der Waals surface area contributed by atoms with Gasteiger partial charge in [-0.25, -0.2) is 4.98 Å². The molecule has 5 nitrogen and oxygen atoms in total. The lowest BCUT2D eigenvalue weighted by Crippen LogP contribution is -2.10. The third-order valence-corrected chi connectivity index (χ3v) is 7.86. The molecule has 0 bridgehead atoms. The molecule has 0 N–H and O–H groups in total. The van der Waals surface area contributed by atoms with Crippen molar-refractivity contribution in [3.8, 4) is 16.3 Å². The summed E-state index contributed by atoms with van der Waals surface area (Å²) in [5.74, 6) is 2.22. The Balaban J connectivity index is 1.43. The molecule has 2 aromatic carbocycles. The van der Waals surface area contributed by atoms with Crippen LogP contribution in [0.15, 0.2) is 46.9 Å². The molecule has 9 heteroatoms. The van der Waals surface area contributed by atoms with E-state index in [1.165, 1.54) is 0 Å². The van der Waals surface area contributed by atoms with E-state index in [4.69, 9.17) is 32.9 Å². The molecule has 4 aromatic rings. The van der Waals surface area contributed by atoms with E-state index in [9.17, 15) is 0 Å². The minimum atomic E-state index is -0.257. The standard InChI is InChI=1S/C23H22Cl2N4OS2/c1-13-9-17(10-14(2)20(13)25)30-15(3)21-27-28-23(29(21)4)32-12-16-11-31-22(26-16)18-7-5-6-8-19(18)24/h5-11,15H,12H2,1-4H3. The van der Waals surface area contributed by atoms with E-state index in [2.05, 4.69) is 15.6 Å². The Hall–Kier alpha value is -2.06. The summed E-state index contributed by atoms with van der Waals surface area (Å²) >= 11 is 15.7. The van der Waals surface area contributed by atoms with Crippen LogP contribution in [0.25, 0.3) is 10.6 Å². The molecule has 1 unspecified atom stereocenters. The number of thiazole rings is 1. The van der Waals surface area contributed by atoms with Crippen LogP contribution in [0.2, 0.25) is 10.0 Å². The molecule has 0 aliphatic rings. The van der Waals surface area contributed by atoms with Crippen LogP contribution in [0.5, 0.6) is 5.75 Å². The van der Waals surface area contributed by atoms with E-state index in [-0.39, 0.29) is 6.10 Å². The highest BCUT2D eigenvalue weighted by Crippen LogP contribution is 2.33. The van der Waals surface area contributed by atoms with Gasteiger partial charge in [-0.05, 0) is 50.1 Å². The van der Waals surface area contributed by atoms with Gasteiger partial charge in [-0.2, -0.15) is 0 Å². The van der Waals surface area contributed by atoms with E-state index in [0.29, 0.717) is 10.8 Å². The maximum atomic E-state index is 6.30. The molecule has 32 heavy (non-hydrogen) atoms. The molecule has 0 aliphatic carbocycles. The summed E-state index contributed by atoms with van der Waals surface area (Å²) in [6.07, 6.45) is -0.257.